The highest BCUT2D eigenvalue weighted by Crippen LogP contribution is 2.26. The van der Waals surface area contributed by atoms with Crippen LogP contribution in [0.15, 0.2) is 6.20 Å². The van der Waals surface area contributed by atoms with Crippen molar-refractivity contribution in [3.8, 4) is 0 Å². The summed E-state index contributed by atoms with van der Waals surface area (Å²) in [5, 5.41) is 4.14. The monoisotopic (exact) mass is 250 g/mol. The maximum Gasteiger partial charge on any atom is 0.389 e. The largest absolute Gasteiger partial charge is 0.389 e. The van der Waals surface area contributed by atoms with Crippen LogP contribution in [0.25, 0.3) is 0 Å². The first-order valence-corrected chi connectivity index (χ1v) is 5.36. The normalized spacial score (nSPS) is 14.0. The number of hydrogen-bond acceptors (Lipinski definition) is 3. The molecule has 1 atom stereocenters. The molecule has 17 heavy (non-hydrogen) atoms. The van der Waals surface area contributed by atoms with E-state index in [-0.39, 0.29) is 12.5 Å². The molecule has 0 aliphatic heterocycles. The highest BCUT2D eigenvalue weighted by atomic mass is 19.4. The van der Waals surface area contributed by atoms with Crippen LogP contribution in [0.4, 0.5) is 13.2 Å². The quantitative estimate of drug-likeness (QED) is 0.620. The van der Waals surface area contributed by atoms with E-state index in [2.05, 4.69) is 10.5 Å². The van der Waals surface area contributed by atoms with E-state index in [1.807, 2.05) is 6.92 Å². The lowest BCUT2D eigenvalue weighted by molar-refractivity contribution is -0.135. The molecule has 1 heterocycles. The minimum atomic E-state index is -4.11. The van der Waals surface area contributed by atoms with Gasteiger partial charge in [0.15, 0.2) is 0 Å². The molecule has 98 valence electrons. The van der Waals surface area contributed by atoms with Crippen molar-refractivity contribution < 1.29 is 13.2 Å². The fraction of sp³-hybridized carbons (Fsp3) is 0.700. The number of nitrogens with zero attached hydrogens (tertiary/aromatic N) is 2. The molecule has 0 saturated heterocycles. The summed E-state index contributed by atoms with van der Waals surface area (Å²) in [6.07, 6.45) is -2.74. The molecule has 0 amide bonds. The van der Waals surface area contributed by atoms with Crippen LogP contribution in [0.5, 0.6) is 0 Å². The van der Waals surface area contributed by atoms with Crippen LogP contribution in [-0.2, 0) is 7.05 Å². The Hall–Kier alpha value is -1.08. The van der Waals surface area contributed by atoms with Crippen molar-refractivity contribution in [1.29, 1.82) is 0 Å². The molecule has 4 nitrogen and oxygen atoms in total. The van der Waals surface area contributed by atoms with Crippen LogP contribution < -0.4 is 11.3 Å². The Bertz CT molecular complexity index is 359. The van der Waals surface area contributed by atoms with Crippen molar-refractivity contribution >= 4 is 0 Å². The highest BCUT2D eigenvalue weighted by molar-refractivity contribution is 5.19. The number of aromatic nitrogens is 2. The minimum Gasteiger partial charge on any atom is -0.275 e. The van der Waals surface area contributed by atoms with Crippen LogP contribution in [0.3, 0.4) is 0 Å². The first-order chi connectivity index (χ1) is 7.83. The smallest absolute Gasteiger partial charge is 0.275 e. The van der Waals surface area contributed by atoms with E-state index in [9.17, 15) is 13.2 Å². The number of rotatable bonds is 5. The summed E-state index contributed by atoms with van der Waals surface area (Å²) in [5.41, 5.74) is 4.16. The summed E-state index contributed by atoms with van der Waals surface area (Å²) in [4.78, 5) is 0. The third-order valence-corrected chi connectivity index (χ3v) is 2.58. The molecule has 0 bridgehead atoms. The zero-order valence-electron chi connectivity index (χ0n) is 9.88. The Balaban J connectivity index is 2.57. The number of alkyl halides is 3. The summed E-state index contributed by atoms with van der Waals surface area (Å²) in [7, 11) is 1.76. The van der Waals surface area contributed by atoms with Crippen LogP contribution >= 0.6 is 0 Å². The first kappa shape index (κ1) is 14.0. The third-order valence-electron chi connectivity index (χ3n) is 2.58. The van der Waals surface area contributed by atoms with Crippen LogP contribution in [0.2, 0.25) is 0 Å². The van der Waals surface area contributed by atoms with Gasteiger partial charge in [-0.15, -0.1) is 0 Å². The van der Waals surface area contributed by atoms with Gasteiger partial charge in [0, 0.05) is 31.3 Å². The number of aryl methyl sites for hydroxylation is 2. The maximum absolute atomic E-state index is 12.0. The molecule has 1 aromatic rings. The van der Waals surface area contributed by atoms with Crippen molar-refractivity contribution in [3.05, 3.63) is 17.5 Å². The van der Waals surface area contributed by atoms with Crippen LogP contribution in [-0.4, -0.2) is 16.0 Å². The number of nitrogens with one attached hydrogen (secondary N) is 1. The molecule has 3 N–H and O–H groups in total. The van der Waals surface area contributed by atoms with Gasteiger partial charge in [0.05, 0.1) is 5.69 Å². The zero-order chi connectivity index (χ0) is 13.1. The molecule has 0 fully saturated rings. The van der Waals surface area contributed by atoms with Gasteiger partial charge in [0.1, 0.15) is 0 Å². The molecule has 7 heteroatoms. The van der Waals surface area contributed by atoms with Gasteiger partial charge < -0.3 is 0 Å². The molecule has 0 aliphatic carbocycles. The Kier molecular flexibility index (Phi) is 4.53. The van der Waals surface area contributed by atoms with Crippen molar-refractivity contribution in [3.63, 3.8) is 0 Å². The van der Waals surface area contributed by atoms with Gasteiger partial charge in [-0.2, -0.15) is 18.3 Å². The van der Waals surface area contributed by atoms with Gasteiger partial charge in [-0.05, 0) is 19.8 Å². The number of hydrazine groups is 1. The fourth-order valence-electron chi connectivity index (χ4n) is 1.80. The van der Waals surface area contributed by atoms with E-state index in [0.29, 0.717) is 6.42 Å². The van der Waals surface area contributed by atoms with Crippen molar-refractivity contribution in [2.24, 2.45) is 12.9 Å². The van der Waals surface area contributed by atoms with E-state index < -0.39 is 12.6 Å². The zero-order valence-corrected chi connectivity index (χ0v) is 9.88. The molecular weight excluding hydrogens is 233 g/mol. The Morgan fingerprint density at radius 2 is 2.18 bits per heavy atom. The average molecular weight is 250 g/mol. The Morgan fingerprint density at radius 1 is 1.53 bits per heavy atom. The fourth-order valence-corrected chi connectivity index (χ4v) is 1.80. The maximum atomic E-state index is 12.0. The predicted molar refractivity (Wildman–Crippen MR) is 57.9 cm³/mol. The lowest BCUT2D eigenvalue weighted by Crippen LogP contribution is -2.28. The SMILES string of the molecule is Cc1nn(C)cc1C(CCCC(F)(F)F)NN. The van der Waals surface area contributed by atoms with E-state index in [4.69, 9.17) is 5.84 Å². The van der Waals surface area contributed by atoms with Gasteiger partial charge in [-0.1, -0.05) is 0 Å². The van der Waals surface area contributed by atoms with Crippen LogP contribution in [0.1, 0.15) is 36.6 Å². The molecule has 0 spiro atoms. The summed E-state index contributed by atoms with van der Waals surface area (Å²) >= 11 is 0. The minimum absolute atomic E-state index is 0.0483. The summed E-state index contributed by atoms with van der Waals surface area (Å²) < 4.78 is 37.7. The van der Waals surface area contributed by atoms with Crippen molar-refractivity contribution in [1.82, 2.24) is 15.2 Å². The molecule has 1 unspecified atom stereocenters. The summed E-state index contributed by atoms with van der Waals surface area (Å²) in [6.45, 7) is 1.81. The van der Waals surface area contributed by atoms with Gasteiger partial charge in [-0.3, -0.25) is 16.0 Å². The van der Waals surface area contributed by atoms with Gasteiger partial charge in [0.25, 0.3) is 0 Å². The average Bonchev–Trinajstić information content (AvgIpc) is 2.51. The second-order valence-corrected chi connectivity index (χ2v) is 4.07. The van der Waals surface area contributed by atoms with E-state index in [0.717, 1.165) is 11.3 Å². The second-order valence-electron chi connectivity index (χ2n) is 4.07. The first-order valence-electron chi connectivity index (χ1n) is 5.36. The molecule has 0 aliphatic rings. The molecule has 1 aromatic heterocycles. The third kappa shape index (κ3) is 4.35. The van der Waals surface area contributed by atoms with Crippen molar-refractivity contribution in [2.75, 3.05) is 0 Å². The van der Waals surface area contributed by atoms with Crippen molar-refractivity contribution in [2.45, 2.75) is 38.4 Å². The number of nitrogens with two attached hydrogens (primary N) is 1. The number of hydrogen-bond donors (Lipinski definition) is 2. The van der Waals surface area contributed by atoms with Crippen LogP contribution in [0, 0.1) is 6.92 Å². The molecule has 1 rings (SSSR count). The molecular formula is C10H17F3N4. The Morgan fingerprint density at radius 3 is 2.59 bits per heavy atom. The van der Waals surface area contributed by atoms with E-state index >= 15 is 0 Å². The summed E-state index contributed by atoms with van der Waals surface area (Å²) in [6, 6.07) is -0.286. The predicted octanol–water partition coefficient (Wildman–Crippen LogP) is 1.97. The van der Waals surface area contributed by atoms with E-state index in [1.54, 1.807) is 17.9 Å². The molecule has 0 aromatic carbocycles. The summed E-state index contributed by atoms with van der Waals surface area (Å²) in [5.74, 6) is 5.36. The topological polar surface area (TPSA) is 55.9 Å². The van der Waals surface area contributed by atoms with Gasteiger partial charge in [-0.25, -0.2) is 0 Å². The van der Waals surface area contributed by atoms with E-state index in [1.165, 1.54) is 0 Å². The lowest BCUT2D eigenvalue weighted by atomic mass is 10.0. The Labute approximate surface area is 97.9 Å². The second kappa shape index (κ2) is 5.50. The van der Waals surface area contributed by atoms with Gasteiger partial charge >= 0.3 is 6.18 Å². The molecule has 0 saturated carbocycles. The highest BCUT2D eigenvalue weighted by Gasteiger charge is 2.27. The lowest BCUT2D eigenvalue weighted by Gasteiger charge is -2.15. The standard InChI is InChI=1S/C10H17F3N4/c1-7-8(6-17(2)16-7)9(15-14)4-3-5-10(11,12)13/h6,9,15H,3-5,14H2,1-2H3. The molecule has 0 radical (unpaired) electrons. The number of halogens is 3. The van der Waals surface area contributed by atoms with Gasteiger partial charge in [0.2, 0.25) is 0 Å².